The molecular weight excluding hydrogens is 260 g/mol. The third kappa shape index (κ3) is 3.47. The molecule has 0 bridgehead atoms. The molecule has 0 saturated carbocycles. The lowest BCUT2D eigenvalue weighted by Gasteiger charge is -2.38. The average molecular weight is 288 g/mol. The largest absolute Gasteiger partial charge is 0.384 e. The van der Waals surface area contributed by atoms with Crippen LogP contribution in [0.2, 0.25) is 0 Å². The summed E-state index contributed by atoms with van der Waals surface area (Å²) in [6.07, 6.45) is 2.50. The van der Waals surface area contributed by atoms with Crippen LogP contribution in [-0.4, -0.2) is 55.7 Å². The number of likely N-dealkylation sites (tertiary alicyclic amines) is 1. The van der Waals surface area contributed by atoms with Crippen molar-refractivity contribution >= 4 is 0 Å². The average Bonchev–Trinajstić information content (AvgIpc) is 2.94. The van der Waals surface area contributed by atoms with Crippen molar-refractivity contribution in [2.75, 3.05) is 39.9 Å². The van der Waals surface area contributed by atoms with Gasteiger partial charge in [-0.25, -0.2) is 0 Å². The maximum atomic E-state index is 5.32. The molecule has 0 unspecified atom stereocenters. The highest BCUT2D eigenvalue weighted by Crippen LogP contribution is 2.25. The summed E-state index contributed by atoms with van der Waals surface area (Å²) in [5, 5.41) is 0. The molecule has 0 amide bonds. The lowest BCUT2D eigenvalue weighted by Crippen LogP contribution is -2.47. The van der Waals surface area contributed by atoms with Crippen molar-refractivity contribution in [3.05, 3.63) is 35.4 Å². The minimum atomic E-state index is 0.672. The van der Waals surface area contributed by atoms with Crippen LogP contribution >= 0.6 is 0 Å². The molecule has 2 aliphatic heterocycles. The molecule has 1 saturated heterocycles. The van der Waals surface area contributed by atoms with Gasteiger partial charge in [-0.3, -0.25) is 4.90 Å². The fourth-order valence-electron chi connectivity index (χ4n) is 3.94. The number of hydrogen-bond donors (Lipinski definition) is 0. The van der Waals surface area contributed by atoms with Gasteiger partial charge in [0, 0.05) is 32.8 Å². The van der Waals surface area contributed by atoms with E-state index in [1.807, 2.05) is 7.11 Å². The van der Waals surface area contributed by atoms with Crippen LogP contribution in [0, 0.1) is 5.92 Å². The normalized spacial score (nSPS) is 27.0. The number of hydrogen-bond acceptors (Lipinski definition) is 3. The summed E-state index contributed by atoms with van der Waals surface area (Å²) in [5.74, 6) is 0.737. The van der Waals surface area contributed by atoms with Crippen LogP contribution in [0.5, 0.6) is 0 Å². The number of likely N-dealkylation sites (N-methyl/N-ethyl adjacent to an activating group) is 1. The van der Waals surface area contributed by atoms with Crippen LogP contribution in [-0.2, 0) is 17.7 Å². The maximum absolute atomic E-state index is 5.32. The molecule has 2 heterocycles. The Morgan fingerprint density at radius 2 is 2.05 bits per heavy atom. The SMILES string of the molecule is CCN1Cc2ccccc2C[C@@H]1CN1CC[C@H](COC)C1. The molecule has 21 heavy (non-hydrogen) atoms. The molecule has 3 rings (SSSR count). The molecule has 2 atom stereocenters. The Morgan fingerprint density at radius 3 is 2.81 bits per heavy atom. The molecule has 3 heteroatoms. The maximum Gasteiger partial charge on any atom is 0.0503 e. The number of methoxy groups -OCH3 is 1. The smallest absolute Gasteiger partial charge is 0.0503 e. The number of nitrogens with zero attached hydrogens (tertiary/aromatic N) is 2. The van der Waals surface area contributed by atoms with Crippen molar-refractivity contribution in [3.8, 4) is 0 Å². The van der Waals surface area contributed by atoms with E-state index in [2.05, 4.69) is 41.0 Å². The van der Waals surface area contributed by atoms with Crippen LogP contribution < -0.4 is 0 Å². The quantitative estimate of drug-likeness (QED) is 0.827. The molecular formula is C18H28N2O. The van der Waals surface area contributed by atoms with E-state index < -0.39 is 0 Å². The predicted molar refractivity (Wildman–Crippen MR) is 86.4 cm³/mol. The molecule has 1 fully saturated rings. The van der Waals surface area contributed by atoms with E-state index >= 15 is 0 Å². The molecule has 0 aliphatic carbocycles. The number of rotatable bonds is 5. The molecule has 116 valence electrons. The minimum Gasteiger partial charge on any atom is -0.384 e. The fourth-order valence-corrected chi connectivity index (χ4v) is 3.94. The second-order valence-corrected chi connectivity index (χ2v) is 6.56. The topological polar surface area (TPSA) is 15.7 Å². The van der Waals surface area contributed by atoms with Crippen molar-refractivity contribution in [2.45, 2.75) is 32.4 Å². The summed E-state index contributed by atoms with van der Waals surface area (Å²) in [6, 6.07) is 9.63. The van der Waals surface area contributed by atoms with Crippen molar-refractivity contribution in [2.24, 2.45) is 5.92 Å². The van der Waals surface area contributed by atoms with Gasteiger partial charge in [0.15, 0.2) is 0 Å². The Labute approximate surface area is 128 Å². The van der Waals surface area contributed by atoms with Crippen LogP contribution in [0.4, 0.5) is 0 Å². The molecule has 0 aromatic heterocycles. The van der Waals surface area contributed by atoms with Crippen LogP contribution in [0.1, 0.15) is 24.5 Å². The van der Waals surface area contributed by atoms with Gasteiger partial charge in [0.2, 0.25) is 0 Å². The molecule has 2 aliphatic rings. The lowest BCUT2D eigenvalue weighted by atomic mass is 9.93. The van der Waals surface area contributed by atoms with Gasteiger partial charge < -0.3 is 9.64 Å². The van der Waals surface area contributed by atoms with Gasteiger partial charge in [0.25, 0.3) is 0 Å². The molecule has 1 aromatic carbocycles. The number of fused-ring (bicyclic) bond motifs is 1. The van der Waals surface area contributed by atoms with Crippen molar-refractivity contribution in [1.29, 1.82) is 0 Å². The molecule has 0 N–H and O–H groups in total. The first-order valence-corrected chi connectivity index (χ1v) is 8.32. The molecule has 1 aromatic rings. The van der Waals surface area contributed by atoms with Gasteiger partial charge in [-0.1, -0.05) is 31.2 Å². The zero-order valence-electron chi connectivity index (χ0n) is 13.4. The zero-order chi connectivity index (χ0) is 14.7. The first-order chi connectivity index (χ1) is 10.3. The van der Waals surface area contributed by atoms with Gasteiger partial charge in [-0.05, 0) is 43.0 Å². The molecule has 3 nitrogen and oxygen atoms in total. The van der Waals surface area contributed by atoms with E-state index in [9.17, 15) is 0 Å². The Hall–Kier alpha value is -0.900. The van der Waals surface area contributed by atoms with Crippen LogP contribution in [0.15, 0.2) is 24.3 Å². The van der Waals surface area contributed by atoms with E-state index in [1.54, 1.807) is 5.56 Å². The lowest BCUT2D eigenvalue weighted by molar-refractivity contribution is 0.125. The highest BCUT2D eigenvalue weighted by molar-refractivity contribution is 5.30. The summed E-state index contributed by atoms with van der Waals surface area (Å²) >= 11 is 0. The zero-order valence-corrected chi connectivity index (χ0v) is 13.4. The van der Waals surface area contributed by atoms with E-state index in [0.717, 1.165) is 25.6 Å². The van der Waals surface area contributed by atoms with Crippen LogP contribution in [0.3, 0.4) is 0 Å². The Bertz CT molecular complexity index is 462. The van der Waals surface area contributed by atoms with Gasteiger partial charge >= 0.3 is 0 Å². The number of benzene rings is 1. The number of ether oxygens (including phenoxy) is 1. The van der Waals surface area contributed by atoms with Gasteiger partial charge in [-0.2, -0.15) is 0 Å². The summed E-state index contributed by atoms with van der Waals surface area (Å²) in [5.41, 5.74) is 3.08. The molecule has 0 radical (unpaired) electrons. The highest BCUT2D eigenvalue weighted by atomic mass is 16.5. The Morgan fingerprint density at radius 1 is 1.24 bits per heavy atom. The minimum absolute atomic E-state index is 0.672. The van der Waals surface area contributed by atoms with E-state index in [-0.39, 0.29) is 0 Å². The second kappa shape index (κ2) is 6.91. The summed E-state index contributed by atoms with van der Waals surface area (Å²) in [6.45, 7) is 9.14. The third-order valence-corrected chi connectivity index (χ3v) is 5.11. The Kier molecular flexibility index (Phi) is 4.94. The predicted octanol–water partition coefficient (Wildman–Crippen LogP) is 2.40. The first-order valence-electron chi connectivity index (χ1n) is 8.32. The van der Waals surface area contributed by atoms with Gasteiger partial charge in [0.1, 0.15) is 0 Å². The van der Waals surface area contributed by atoms with E-state index in [0.29, 0.717) is 6.04 Å². The van der Waals surface area contributed by atoms with E-state index in [1.165, 1.54) is 38.0 Å². The first kappa shape index (κ1) is 15.0. The van der Waals surface area contributed by atoms with Crippen molar-refractivity contribution in [3.63, 3.8) is 0 Å². The van der Waals surface area contributed by atoms with Crippen molar-refractivity contribution < 1.29 is 4.74 Å². The fraction of sp³-hybridized carbons (Fsp3) is 0.667. The highest BCUT2D eigenvalue weighted by Gasteiger charge is 2.29. The second-order valence-electron chi connectivity index (χ2n) is 6.56. The summed E-state index contributed by atoms with van der Waals surface area (Å²) in [7, 11) is 1.82. The summed E-state index contributed by atoms with van der Waals surface area (Å²) < 4.78 is 5.32. The standard InChI is InChI=1S/C18H28N2O/c1-3-20-12-17-7-5-4-6-16(17)10-18(20)13-19-9-8-15(11-19)14-21-2/h4-7,15,18H,3,8-14H2,1-2H3/t15-,18+/m0/s1. The third-order valence-electron chi connectivity index (χ3n) is 5.11. The van der Waals surface area contributed by atoms with Crippen molar-refractivity contribution in [1.82, 2.24) is 9.80 Å². The summed E-state index contributed by atoms with van der Waals surface area (Å²) in [4.78, 5) is 5.29. The van der Waals surface area contributed by atoms with Gasteiger partial charge in [0.05, 0.1) is 6.61 Å². The van der Waals surface area contributed by atoms with Crippen LogP contribution in [0.25, 0.3) is 0 Å². The van der Waals surface area contributed by atoms with E-state index in [4.69, 9.17) is 4.74 Å². The molecule has 0 spiro atoms. The Balaban J connectivity index is 1.62. The monoisotopic (exact) mass is 288 g/mol. The van der Waals surface area contributed by atoms with Gasteiger partial charge in [-0.15, -0.1) is 0 Å².